The molecule has 8 nitrogen and oxygen atoms in total. The summed E-state index contributed by atoms with van der Waals surface area (Å²) in [6, 6.07) is 12.8. The van der Waals surface area contributed by atoms with Gasteiger partial charge in [-0.15, -0.1) is 5.10 Å². The van der Waals surface area contributed by atoms with E-state index in [1.54, 1.807) is 6.20 Å². The smallest absolute Gasteiger partial charge is 0.245 e. The molecule has 1 spiro atoms. The maximum atomic E-state index is 9.86. The number of nitriles is 1. The van der Waals surface area contributed by atoms with Crippen molar-refractivity contribution in [1.82, 2.24) is 19.9 Å². The van der Waals surface area contributed by atoms with Gasteiger partial charge in [0.25, 0.3) is 0 Å². The molecule has 0 unspecified atom stereocenters. The number of hydrogen-bond acceptors (Lipinski definition) is 7. The molecule has 0 atom stereocenters. The van der Waals surface area contributed by atoms with Gasteiger partial charge < -0.3 is 20.4 Å². The first-order valence-electron chi connectivity index (χ1n) is 12.6. The van der Waals surface area contributed by atoms with Crippen LogP contribution in [-0.4, -0.2) is 53.9 Å². The Morgan fingerprint density at radius 1 is 0.971 bits per heavy atom. The van der Waals surface area contributed by atoms with E-state index in [0.717, 1.165) is 56.3 Å². The van der Waals surface area contributed by atoms with Gasteiger partial charge in [-0.25, -0.2) is 9.50 Å². The van der Waals surface area contributed by atoms with E-state index in [1.807, 2.05) is 10.6 Å². The van der Waals surface area contributed by atoms with Gasteiger partial charge in [0, 0.05) is 50.6 Å². The van der Waals surface area contributed by atoms with E-state index in [-0.39, 0.29) is 0 Å². The van der Waals surface area contributed by atoms with E-state index < -0.39 is 0 Å². The third-order valence-corrected chi connectivity index (χ3v) is 7.87. The summed E-state index contributed by atoms with van der Waals surface area (Å²) < 4.78 is 1.91. The molecule has 34 heavy (non-hydrogen) atoms. The second kappa shape index (κ2) is 8.80. The maximum Gasteiger partial charge on any atom is 0.245 e. The zero-order valence-corrected chi connectivity index (χ0v) is 19.6. The number of fused-ring (bicyclic) bond motifs is 1. The van der Waals surface area contributed by atoms with Crippen LogP contribution in [0.3, 0.4) is 0 Å². The lowest BCUT2D eigenvalue weighted by molar-refractivity contribution is 0.219. The van der Waals surface area contributed by atoms with Crippen LogP contribution in [0, 0.1) is 16.7 Å². The van der Waals surface area contributed by atoms with Gasteiger partial charge in [-0.2, -0.15) is 5.26 Å². The third kappa shape index (κ3) is 3.94. The summed E-state index contributed by atoms with van der Waals surface area (Å²) in [7, 11) is 0. The lowest BCUT2D eigenvalue weighted by Crippen LogP contribution is -2.43. The maximum absolute atomic E-state index is 9.86. The molecule has 0 amide bonds. The zero-order valence-electron chi connectivity index (χ0n) is 19.6. The Bertz CT molecular complexity index is 1200. The fourth-order valence-corrected chi connectivity index (χ4v) is 6.03. The minimum Gasteiger partial charge on any atom is -0.369 e. The number of hydrogen-bond donors (Lipinski definition) is 2. The first kappa shape index (κ1) is 21.2. The monoisotopic (exact) mass is 456 g/mol. The summed E-state index contributed by atoms with van der Waals surface area (Å²) in [4.78, 5) is 9.30. The molecule has 1 aromatic carbocycles. The number of piperazine rings is 1. The lowest BCUT2D eigenvalue weighted by atomic mass is 9.73. The van der Waals surface area contributed by atoms with Gasteiger partial charge in [-0.1, -0.05) is 19.3 Å². The normalized spacial score (nSPS) is 20.1. The quantitative estimate of drug-likeness (QED) is 0.616. The highest BCUT2D eigenvalue weighted by Gasteiger charge is 2.40. The number of rotatable bonds is 4. The molecule has 0 bridgehead atoms. The highest BCUT2D eigenvalue weighted by molar-refractivity contribution is 5.68. The Morgan fingerprint density at radius 3 is 2.53 bits per heavy atom. The molecule has 0 radical (unpaired) electrons. The molecule has 6 rings (SSSR count). The Hall–Kier alpha value is -3.31. The highest BCUT2D eigenvalue weighted by atomic mass is 15.4. The van der Waals surface area contributed by atoms with Crippen LogP contribution in [-0.2, 0) is 0 Å². The largest absolute Gasteiger partial charge is 0.369 e. The summed E-state index contributed by atoms with van der Waals surface area (Å²) in [5, 5.41) is 21.4. The summed E-state index contributed by atoms with van der Waals surface area (Å²) in [6.45, 7) is 6.12. The van der Waals surface area contributed by atoms with Gasteiger partial charge in [-0.05, 0) is 55.0 Å². The van der Waals surface area contributed by atoms with Crippen LogP contribution in [0.5, 0.6) is 0 Å². The summed E-state index contributed by atoms with van der Waals surface area (Å²) >= 11 is 0. The zero-order chi connectivity index (χ0) is 23.0. The summed E-state index contributed by atoms with van der Waals surface area (Å²) in [5.41, 5.74) is 4.14. The first-order chi connectivity index (χ1) is 16.7. The van der Waals surface area contributed by atoms with E-state index in [2.05, 4.69) is 55.8 Å². The molecule has 4 heterocycles. The molecule has 8 heteroatoms. The van der Waals surface area contributed by atoms with Gasteiger partial charge in [-0.3, -0.25) is 0 Å². The van der Waals surface area contributed by atoms with Crippen molar-refractivity contribution in [1.29, 1.82) is 5.26 Å². The number of benzene rings is 1. The number of nitrogens with one attached hydrogen (secondary N) is 2. The topological polar surface area (TPSA) is 84.5 Å². The predicted molar refractivity (Wildman–Crippen MR) is 135 cm³/mol. The van der Waals surface area contributed by atoms with Gasteiger partial charge in [0.15, 0.2) is 0 Å². The summed E-state index contributed by atoms with van der Waals surface area (Å²) in [5.74, 6) is 1.45. The highest BCUT2D eigenvalue weighted by Crippen LogP contribution is 2.45. The van der Waals surface area contributed by atoms with E-state index in [0.29, 0.717) is 16.9 Å². The first-order valence-corrected chi connectivity index (χ1v) is 12.6. The van der Waals surface area contributed by atoms with Gasteiger partial charge in [0.05, 0.1) is 17.3 Å². The Kier molecular flexibility index (Phi) is 5.50. The Morgan fingerprint density at radius 2 is 1.76 bits per heavy atom. The second-order valence-corrected chi connectivity index (χ2v) is 10.1. The second-order valence-electron chi connectivity index (χ2n) is 10.1. The number of nitrogens with zero attached hydrogens (tertiary/aromatic N) is 6. The molecular formula is C26H32N8. The molecule has 3 aliphatic rings. The van der Waals surface area contributed by atoms with Crippen LogP contribution in [0.2, 0.25) is 0 Å². The van der Waals surface area contributed by atoms with Crippen molar-refractivity contribution in [3.63, 3.8) is 0 Å². The van der Waals surface area contributed by atoms with Crippen LogP contribution >= 0.6 is 0 Å². The van der Waals surface area contributed by atoms with Crippen molar-refractivity contribution in [2.75, 3.05) is 54.4 Å². The molecule has 3 aromatic rings. The van der Waals surface area contributed by atoms with Gasteiger partial charge in [0.1, 0.15) is 11.9 Å². The number of anilines is 4. The van der Waals surface area contributed by atoms with Crippen LogP contribution in [0.15, 0.2) is 36.5 Å². The lowest BCUT2D eigenvalue weighted by Gasteiger charge is -2.33. The Labute approximate surface area is 200 Å². The molecule has 1 aliphatic carbocycles. The van der Waals surface area contributed by atoms with E-state index in [9.17, 15) is 5.26 Å². The number of aromatic nitrogens is 3. The minimum atomic E-state index is 0.412. The summed E-state index contributed by atoms with van der Waals surface area (Å²) in [6.07, 6.45) is 9.65. The van der Waals surface area contributed by atoms with E-state index in [4.69, 9.17) is 5.10 Å². The van der Waals surface area contributed by atoms with Crippen molar-refractivity contribution in [3.05, 3.63) is 42.1 Å². The fraction of sp³-hybridized carbons (Fsp3) is 0.500. The average molecular weight is 457 g/mol. The molecule has 2 aromatic heterocycles. The van der Waals surface area contributed by atoms with Gasteiger partial charge >= 0.3 is 0 Å². The van der Waals surface area contributed by atoms with Crippen LogP contribution in [0.25, 0.3) is 5.52 Å². The molecule has 2 saturated heterocycles. The van der Waals surface area contributed by atoms with Crippen LogP contribution < -0.4 is 20.4 Å². The Balaban J connectivity index is 1.25. The van der Waals surface area contributed by atoms with E-state index in [1.165, 1.54) is 44.2 Å². The molecule has 1 saturated carbocycles. The van der Waals surface area contributed by atoms with Crippen molar-refractivity contribution in [3.8, 4) is 6.07 Å². The molecular weight excluding hydrogens is 424 g/mol. The molecule has 2 aliphatic heterocycles. The third-order valence-electron chi connectivity index (χ3n) is 7.87. The fourth-order valence-electron chi connectivity index (χ4n) is 6.03. The van der Waals surface area contributed by atoms with Crippen molar-refractivity contribution < 1.29 is 0 Å². The van der Waals surface area contributed by atoms with Gasteiger partial charge in [0.2, 0.25) is 5.95 Å². The van der Waals surface area contributed by atoms with Crippen LogP contribution in [0.1, 0.15) is 44.1 Å². The van der Waals surface area contributed by atoms with Crippen LogP contribution in [0.4, 0.5) is 23.1 Å². The minimum absolute atomic E-state index is 0.412. The molecule has 2 N–H and O–H groups in total. The van der Waals surface area contributed by atoms with Crippen molar-refractivity contribution >= 4 is 28.7 Å². The SMILES string of the molecule is N#Cc1cc2cnc(Nc3ccc(N4CCNCC4)cc3)nn2c1N1CCC2(CCCCC2)C1. The standard InChI is InChI=1S/C26H32N8/c27-17-20-16-23-18-29-25(30-21-4-6-22(7-5-21)32-14-11-28-12-15-32)31-34(23)24(20)33-13-10-26(19-33)8-2-1-3-9-26/h4-7,16,18,28H,1-3,8-15,19H2,(H,30,31). The molecule has 3 fully saturated rings. The van der Waals surface area contributed by atoms with Crippen molar-refractivity contribution in [2.45, 2.75) is 38.5 Å². The van der Waals surface area contributed by atoms with Crippen molar-refractivity contribution in [2.24, 2.45) is 5.41 Å². The average Bonchev–Trinajstić information content (AvgIpc) is 3.46. The molecule has 176 valence electrons. The predicted octanol–water partition coefficient (Wildman–Crippen LogP) is 3.91. The van der Waals surface area contributed by atoms with E-state index >= 15 is 0 Å².